The van der Waals surface area contributed by atoms with E-state index in [0.29, 0.717) is 6.42 Å². The van der Waals surface area contributed by atoms with Crippen LogP contribution in [-0.2, 0) is 11.2 Å². The Morgan fingerprint density at radius 2 is 1.80 bits per heavy atom. The van der Waals surface area contributed by atoms with E-state index in [2.05, 4.69) is 28.5 Å². The maximum Gasteiger partial charge on any atom is 0.228 e. The lowest BCUT2D eigenvalue weighted by molar-refractivity contribution is -0.115. The number of hydrogen-bond donors (Lipinski definition) is 1. The predicted octanol–water partition coefficient (Wildman–Crippen LogP) is 6.00. The molecule has 0 fully saturated rings. The Morgan fingerprint density at radius 3 is 2.70 bits per heavy atom. The van der Waals surface area contributed by atoms with Crippen molar-refractivity contribution in [3.8, 4) is 10.6 Å². The van der Waals surface area contributed by atoms with Gasteiger partial charge in [0.15, 0.2) is 0 Å². The summed E-state index contributed by atoms with van der Waals surface area (Å²) in [6.45, 7) is 2.02. The number of rotatable bonds is 4. The molecule has 30 heavy (non-hydrogen) atoms. The smallest absolute Gasteiger partial charge is 0.228 e. The third-order valence-corrected chi connectivity index (χ3v) is 6.25. The Kier molecular flexibility index (Phi) is 4.73. The van der Waals surface area contributed by atoms with E-state index in [0.717, 1.165) is 48.5 Å². The quantitative estimate of drug-likeness (QED) is 0.396. The van der Waals surface area contributed by atoms with Crippen molar-refractivity contribution in [2.75, 3.05) is 5.32 Å². The minimum Gasteiger partial charge on any atom is -0.326 e. The number of benzene rings is 3. The van der Waals surface area contributed by atoms with E-state index in [9.17, 15) is 4.79 Å². The zero-order valence-corrected chi connectivity index (χ0v) is 17.2. The van der Waals surface area contributed by atoms with Gasteiger partial charge in [-0.2, -0.15) is 0 Å². The zero-order chi connectivity index (χ0) is 20.5. The van der Waals surface area contributed by atoms with Crippen LogP contribution in [0.5, 0.6) is 0 Å². The lowest BCUT2D eigenvalue weighted by Gasteiger charge is -2.12. The summed E-state index contributed by atoms with van der Waals surface area (Å²) in [5.74, 6) is -0.0300. The second-order valence-electron chi connectivity index (χ2n) is 7.19. The molecule has 0 spiro atoms. The third-order valence-electron chi connectivity index (χ3n) is 5.24. The van der Waals surface area contributed by atoms with E-state index in [-0.39, 0.29) is 5.91 Å². The maximum atomic E-state index is 12.8. The molecule has 0 aliphatic heterocycles. The van der Waals surface area contributed by atoms with E-state index in [1.165, 1.54) is 0 Å². The number of nitrogens with zero attached hydrogens (tertiary/aromatic N) is 2. The van der Waals surface area contributed by atoms with E-state index < -0.39 is 0 Å². The number of pyridine rings is 1. The van der Waals surface area contributed by atoms with E-state index >= 15 is 0 Å². The van der Waals surface area contributed by atoms with Crippen molar-refractivity contribution >= 4 is 44.1 Å². The highest BCUT2D eigenvalue weighted by Crippen LogP contribution is 2.33. The standard InChI is InChI=1S/C25H19N3OS/c1-16-19(24-28-22-13-6-14-26-25(22)30-24)11-5-12-21(16)27-23(29)15-18-9-4-8-17-7-2-3-10-20(17)18/h2-14H,15H2,1H3,(H,27,29). The third kappa shape index (κ3) is 3.44. The van der Waals surface area contributed by atoms with Crippen molar-refractivity contribution in [1.82, 2.24) is 9.97 Å². The van der Waals surface area contributed by atoms with E-state index in [1.807, 2.05) is 61.5 Å². The van der Waals surface area contributed by atoms with Gasteiger partial charge in [0.2, 0.25) is 5.91 Å². The fourth-order valence-corrected chi connectivity index (χ4v) is 4.69. The first-order valence-corrected chi connectivity index (χ1v) is 10.6. The van der Waals surface area contributed by atoms with Crippen LogP contribution in [0.4, 0.5) is 5.69 Å². The largest absolute Gasteiger partial charge is 0.326 e. The fraction of sp³-hybridized carbons (Fsp3) is 0.0800. The van der Waals surface area contributed by atoms with Gasteiger partial charge in [0.25, 0.3) is 0 Å². The number of nitrogens with one attached hydrogen (secondary N) is 1. The number of anilines is 1. The number of hydrogen-bond acceptors (Lipinski definition) is 4. The van der Waals surface area contributed by atoms with Crippen molar-refractivity contribution in [3.05, 3.63) is 90.1 Å². The van der Waals surface area contributed by atoms with E-state index in [4.69, 9.17) is 4.98 Å². The van der Waals surface area contributed by atoms with Crippen LogP contribution in [0.1, 0.15) is 11.1 Å². The summed E-state index contributed by atoms with van der Waals surface area (Å²) in [5, 5.41) is 6.26. The minimum absolute atomic E-state index is 0.0300. The molecule has 2 heterocycles. The summed E-state index contributed by atoms with van der Waals surface area (Å²) in [6.07, 6.45) is 2.11. The first kappa shape index (κ1) is 18.5. The average Bonchev–Trinajstić information content (AvgIpc) is 3.19. The highest BCUT2D eigenvalue weighted by atomic mass is 32.1. The highest BCUT2D eigenvalue weighted by molar-refractivity contribution is 7.21. The fourth-order valence-electron chi connectivity index (χ4n) is 3.70. The number of carbonyl (C=O) groups excluding carboxylic acids is 1. The SMILES string of the molecule is Cc1c(NC(=O)Cc2cccc3ccccc23)cccc1-c1nc2cccnc2s1. The zero-order valence-electron chi connectivity index (χ0n) is 16.4. The molecule has 0 bridgehead atoms. The second-order valence-corrected chi connectivity index (χ2v) is 8.17. The molecule has 4 nitrogen and oxygen atoms in total. The molecule has 5 rings (SSSR count). The first-order valence-electron chi connectivity index (χ1n) is 9.77. The molecule has 0 unspecified atom stereocenters. The van der Waals surface area contributed by atoms with E-state index in [1.54, 1.807) is 17.5 Å². The highest BCUT2D eigenvalue weighted by Gasteiger charge is 2.14. The Morgan fingerprint density at radius 1 is 0.967 bits per heavy atom. The number of carbonyl (C=O) groups is 1. The Labute approximate surface area is 178 Å². The van der Waals surface area contributed by atoms with Gasteiger partial charge in [0.05, 0.1) is 6.42 Å². The van der Waals surface area contributed by atoms with Crippen molar-refractivity contribution in [3.63, 3.8) is 0 Å². The van der Waals surface area contributed by atoms with Gasteiger partial charge in [-0.25, -0.2) is 9.97 Å². The van der Waals surface area contributed by atoms with Crippen LogP contribution in [0.15, 0.2) is 79.0 Å². The van der Waals surface area contributed by atoms with Gasteiger partial charge >= 0.3 is 0 Å². The summed E-state index contributed by atoms with van der Waals surface area (Å²) >= 11 is 1.56. The van der Waals surface area contributed by atoms with Crippen LogP contribution >= 0.6 is 11.3 Å². The molecule has 146 valence electrons. The molecular formula is C25H19N3OS. The van der Waals surface area contributed by atoms with Crippen LogP contribution in [0.2, 0.25) is 0 Å². The molecule has 1 N–H and O–H groups in total. The van der Waals surface area contributed by atoms with Crippen molar-refractivity contribution in [2.24, 2.45) is 0 Å². The summed E-state index contributed by atoms with van der Waals surface area (Å²) in [7, 11) is 0. The van der Waals surface area contributed by atoms with Crippen LogP contribution < -0.4 is 5.32 Å². The van der Waals surface area contributed by atoms with Crippen molar-refractivity contribution in [1.29, 1.82) is 0 Å². The van der Waals surface area contributed by atoms with Crippen molar-refractivity contribution < 1.29 is 4.79 Å². The minimum atomic E-state index is -0.0300. The van der Waals surface area contributed by atoms with Crippen LogP contribution in [0.3, 0.4) is 0 Å². The number of amides is 1. The molecule has 0 atom stereocenters. The molecule has 3 aromatic carbocycles. The molecule has 2 aromatic heterocycles. The number of fused-ring (bicyclic) bond motifs is 2. The van der Waals surface area contributed by atoms with Gasteiger partial charge < -0.3 is 5.32 Å². The number of aromatic nitrogens is 2. The monoisotopic (exact) mass is 409 g/mol. The second kappa shape index (κ2) is 7.69. The molecule has 0 saturated heterocycles. The Bertz CT molecular complexity index is 1350. The lowest BCUT2D eigenvalue weighted by Crippen LogP contribution is -2.15. The normalized spacial score (nSPS) is 11.1. The average molecular weight is 410 g/mol. The lowest BCUT2D eigenvalue weighted by atomic mass is 10.0. The summed E-state index contributed by atoms with van der Waals surface area (Å²) in [6, 6.07) is 24.0. The molecule has 1 amide bonds. The van der Waals surface area contributed by atoms with Gasteiger partial charge in [0, 0.05) is 17.4 Å². The summed E-state index contributed by atoms with van der Waals surface area (Å²) in [5.41, 5.74) is 4.74. The predicted molar refractivity (Wildman–Crippen MR) is 124 cm³/mol. The summed E-state index contributed by atoms with van der Waals surface area (Å²) < 4.78 is 0. The van der Waals surface area contributed by atoms with Gasteiger partial charge in [0.1, 0.15) is 15.4 Å². The maximum absolute atomic E-state index is 12.8. The topological polar surface area (TPSA) is 54.9 Å². The Hall–Kier alpha value is -3.57. The van der Waals surface area contributed by atoms with Gasteiger partial charge in [-0.05, 0) is 47.0 Å². The van der Waals surface area contributed by atoms with Gasteiger partial charge in [-0.15, -0.1) is 0 Å². The van der Waals surface area contributed by atoms with Gasteiger partial charge in [-0.1, -0.05) is 65.9 Å². The van der Waals surface area contributed by atoms with Crippen molar-refractivity contribution in [2.45, 2.75) is 13.3 Å². The molecule has 0 radical (unpaired) electrons. The van der Waals surface area contributed by atoms with Crippen LogP contribution in [0.25, 0.3) is 31.7 Å². The molecular weight excluding hydrogens is 390 g/mol. The first-order chi connectivity index (χ1) is 14.7. The van der Waals surface area contributed by atoms with Crippen LogP contribution in [-0.4, -0.2) is 15.9 Å². The van der Waals surface area contributed by atoms with Crippen LogP contribution in [0, 0.1) is 6.92 Å². The Balaban J connectivity index is 1.42. The molecule has 5 heteroatoms. The molecule has 5 aromatic rings. The molecule has 0 aliphatic rings. The molecule has 0 aliphatic carbocycles. The number of thiazole rings is 1. The summed E-state index contributed by atoms with van der Waals surface area (Å²) in [4.78, 5) is 22.8. The molecule has 0 saturated carbocycles. The van der Waals surface area contributed by atoms with Gasteiger partial charge in [-0.3, -0.25) is 4.79 Å².